The summed E-state index contributed by atoms with van der Waals surface area (Å²) in [5.74, 6) is 1.14. The molecule has 0 saturated heterocycles. The fraction of sp³-hybridized carbons (Fsp3) is 0.0714. The van der Waals surface area contributed by atoms with Gasteiger partial charge in [0.15, 0.2) is 6.61 Å². The molecular weight excluding hydrogens is 288 g/mol. The Bertz CT molecular complexity index is 771. The Labute approximate surface area is 124 Å². The van der Waals surface area contributed by atoms with Crippen molar-refractivity contribution in [1.29, 1.82) is 0 Å². The Morgan fingerprint density at radius 2 is 2.00 bits per heavy atom. The van der Waals surface area contributed by atoms with Gasteiger partial charge in [0.25, 0.3) is 11.6 Å². The maximum Gasteiger partial charge on any atom is 0.269 e. The minimum Gasteiger partial charge on any atom is -0.484 e. The zero-order valence-electron chi connectivity index (χ0n) is 11.2. The molecule has 1 aromatic carbocycles. The van der Waals surface area contributed by atoms with E-state index in [1.807, 2.05) is 6.07 Å². The van der Waals surface area contributed by atoms with Crippen molar-refractivity contribution in [3.05, 3.63) is 64.7 Å². The molecule has 110 valence electrons. The van der Waals surface area contributed by atoms with Crippen LogP contribution >= 0.6 is 0 Å². The lowest BCUT2D eigenvalue weighted by Gasteiger charge is -2.01. The zero-order chi connectivity index (χ0) is 15.4. The normalized spacial score (nSPS) is 10.4. The second-order valence-corrected chi connectivity index (χ2v) is 4.27. The van der Waals surface area contributed by atoms with Gasteiger partial charge >= 0.3 is 0 Å². The van der Waals surface area contributed by atoms with E-state index >= 15 is 0 Å². The molecule has 0 radical (unpaired) electrons. The highest BCUT2D eigenvalue weighted by atomic mass is 16.6. The van der Waals surface area contributed by atoms with Gasteiger partial charge < -0.3 is 9.26 Å². The molecule has 0 unspecified atom stereocenters. The lowest BCUT2D eigenvalue weighted by atomic mass is 10.3. The summed E-state index contributed by atoms with van der Waals surface area (Å²) in [5, 5.41) is 14.4. The molecule has 0 fully saturated rings. The number of non-ortho nitro benzene ring substituents is 1. The molecule has 8 heteroatoms. The first kappa shape index (κ1) is 13.7. The van der Waals surface area contributed by atoms with Crippen LogP contribution in [0.25, 0.3) is 11.5 Å². The van der Waals surface area contributed by atoms with E-state index in [2.05, 4.69) is 15.1 Å². The molecule has 0 spiro atoms. The Hall–Kier alpha value is -3.29. The minimum atomic E-state index is -0.471. The number of rotatable bonds is 5. The molecule has 22 heavy (non-hydrogen) atoms. The van der Waals surface area contributed by atoms with Crippen molar-refractivity contribution in [3.63, 3.8) is 0 Å². The highest BCUT2D eigenvalue weighted by molar-refractivity contribution is 5.47. The molecule has 2 aromatic heterocycles. The van der Waals surface area contributed by atoms with Gasteiger partial charge in [0, 0.05) is 18.3 Å². The van der Waals surface area contributed by atoms with Gasteiger partial charge in [-0.1, -0.05) is 11.2 Å². The lowest BCUT2D eigenvalue weighted by molar-refractivity contribution is -0.384. The predicted molar refractivity (Wildman–Crippen MR) is 75.0 cm³/mol. The van der Waals surface area contributed by atoms with Gasteiger partial charge in [-0.15, -0.1) is 0 Å². The molecule has 8 nitrogen and oxygen atoms in total. The zero-order valence-corrected chi connectivity index (χ0v) is 11.2. The number of aromatic nitrogens is 3. The maximum atomic E-state index is 10.6. The van der Waals surface area contributed by atoms with Crippen molar-refractivity contribution in [2.45, 2.75) is 6.61 Å². The highest BCUT2D eigenvalue weighted by Gasteiger charge is 2.10. The summed E-state index contributed by atoms with van der Waals surface area (Å²) in [6.45, 7) is 0.0671. The van der Waals surface area contributed by atoms with Gasteiger partial charge in [-0.3, -0.25) is 15.1 Å². The third kappa shape index (κ3) is 3.06. The standard InChI is InChI=1S/C14H10N4O4/c19-18(20)10-4-6-11(7-5-10)21-9-13-16-14(17-22-13)12-3-1-2-8-15-12/h1-8H,9H2. The van der Waals surface area contributed by atoms with Crippen molar-refractivity contribution in [3.8, 4) is 17.3 Å². The highest BCUT2D eigenvalue weighted by Crippen LogP contribution is 2.19. The number of ether oxygens (including phenoxy) is 1. The summed E-state index contributed by atoms with van der Waals surface area (Å²) in [4.78, 5) is 18.4. The first-order valence-corrected chi connectivity index (χ1v) is 6.33. The molecule has 0 aliphatic rings. The van der Waals surface area contributed by atoms with Crippen LogP contribution in [0.1, 0.15) is 5.89 Å². The molecule has 0 amide bonds. The van der Waals surface area contributed by atoms with Crippen molar-refractivity contribution >= 4 is 5.69 Å². The quantitative estimate of drug-likeness (QED) is 0.526. The van der Waals surface area contributed by atoms with Gasteiger partial charge in [0.2, 0.25) is 5.82 Å². The largest absolute Gasteiger partial charge is 0.484 e. The van der Waals surface area contributed by atoms with Crippen LogP contribution < -0.4 is 4.74 Å². The monoisotopic (exact) mass is 298 g/mol. The van der Waals surface area contributed by atoms with Gasteiger partial charge in [0.1, 0.15) is 11.4 Å². The van der Waals surface area contributed by atoms with Crippen LogP contribution in [-0.2, 0) is 6.61 Å². The van der Waals surface area contributed by atoms with Crippen LogP contribution in [0.15, 0.2) is 53.2 Å². The molecule has 0 aliphatic heterocycles. The molecule has 2 heterocycles. The van der Waals surface area contributed by atoms with E-state index in [1.165, 1.54) is 24.3 Å². The predicted octanol–water partition coefficient (Wildman–Crippen LogP) is 2.62. The fourth-order valence-corrected chi connectivity index (χ4v) is 1.72. The van der Waals surface area contributed by atoms with Gasteiger partial charge in [-0.05, 0) is 24.3 Å². The molecule has 3 rings (SSSR count). The first-order valence-electron chi connectivity index (χ1n) is 6.33. The van der Waals surface area contributed by atoms with E-state index in [1.54, 1.807) is 18.3 Å². The summed E-state index contributed by atoms with van der Waals surface area (Å²) >= 11 is 0. The SMILES string of the molecule is O=[N+]([O-])c1ccc(OCc2nc(-c3ccccn3)no2)cc1. The molecule has 0 aliphatic carbocycles. The summed E-state index contributed by atoms with van der Waals surface area (Å²) in [5.41, 5.74) is 0.607. The molecule has 0 atom stereocenters. The van der Waals surface area contributed by atoms with Crippen LogP contribution in [0.3, 0.4) is 0 Å². The third-order valence-corrected chi connectivity index (χ3v) is 2.77. The molecular formula is C14H10N4O4. The second-order valence-electron chi connectivity index (χ2n) is 4.27. The van der Waals surface area contributed by atoms with E-state index in [-0.39, 0.29) is 12.3 Å². The van der Waals surface area contributed by atoms with Crippen LogP contribution in [0.4, 0.5) is 5.69 Å². The topological polar surface area (TPSA) is 104 Å². The molecule has 0 bridgehead atoms. The van der Waals surface area contributed by atoms with E-state index in [4.69, 9.17) is 9.26 Å². The van der Waals surface area contributed by atoms with Crippen molar-refractivity contribution in [2.24, 2.45) is 0 Å². The summed E-state index contributed by atoms with van der Waals surface area (Å²) in [6.07, 6.45) is 1.64. The van der Waals surface area contributed by atoms with Crippen LogP contribution in [0.5, 0.6) is 5.75 Å². The molecule has 0 N–H and O–H groups in total. The molecule has 0 saturated carbocycles. The third-order valence-electron chi connectivity index (χ3n) is 2.77. The fourth-order valence-electron chi connectivity index (χ4n) is 1.72. The van der Waals surface area contributed by atoms with Crippen molar-refractivity contribution in [2.75, 3.05) is 0 Å². The average molecular weight is 298 g/mol. The van der Waals surface area contributed by atoms with Crippen LogP contribution in [0, 0.1) is 10.1 Å². The first-order chi connectivity index (χ1) is 10.7. The Morgan fingerprint density at radius 3 is 2.68 bits per heavy atom. The van der Waals surface area contributed by atoms with Gasteiger partial charge in [-0.25, -0.2) is 0 Å². The number of hydrogen-bond donors (Lipinski definition) is 0. The Kier molecular flexibility index (Phi) is 3.73. The second kappa shape index (κ2) is 6.00. The van der Waals surface area contributed by atoms with Crippen LogP contribution in [-0.4, -0.2) is 20.0 Å². The number of nitrogens with zero attached hydrogens (tertiary/aromatic N) is 4. The van der Waals surface area contributed by atoms with E-state index in [0.717, 1.165) is 0 Å². The Morgan fingerprint density at radius 1 is 1.18 bits per heavy atom. The number of benzene rings is 1. The van der Waals surface area contributed by atoms with Gasteiger partial charge in [0.05, 0.1) is 4.92 Å². The summed E-state index contributed by atoms with van der Waals surface area (Å²) in [6, 6.07) is 11.1. The van der Waals surface area contributed by atoms with Gasteiger partial charge in [-0.2, -0.15) is 4.98 Å². The van der Waals surface area contributed by atoms with Crippen molar-refractivity contribution < 1.29 is 14.2 Å². The van der Waals surface area contributed by atoms with Crippen molar-refractivity contribution in [1.82, 2.24) is 15.1 Å². The number of pyridine rings is 1. The van der Waals surface area contributed by atoms with E-state index < -0.39 is 4.92 Å². The minimum absolute atomic E-state index is 0.00239. The summed E-state index contributed by atoms with van der Waals surface area (Å²) in [7, 11) is 0. The summed E-state index contributed by atoms with van der Waals surface area (Å²) < 4.78 is 10.5. The van der Waals surface area contributed by atoms with Crippen LogP contribution in [0.2, 0.25) is 0 Å². The Balaban J connectivity index is 1.65. The number of nitro groups is 1. The number of nitro benzene ring substituents is 1. The van der Waals surface area contributed by atoms with E-state index in [0.29, 0.717) is 23.2 Å². The maximum absolute atomic E-state index is 10.6. The smallest absolute Gasteiger partial charge is 0.269 e. The average Bonchev–Trinajstić information content (AvgIpc) is 3.03. The van der Waals surface area contributed by atoms with E-state index in [9.17, 15) is 10.1 Å². The number of hydrogen-bond acceptors (Lipinski definition) is 7. The lowest BCUT2D eigenvalue weighted by Crippen LogP contribution is -1.96. The molecule has 3 aromatic rings.